The van der Waals surface area contributed by atoms with Crippen LogP contribution in [0.5, 0.6) is 0 Å². The molecule has 1 aliphatic rings. The smallest absolute Gasteiger partial charge is 0.0897 e. The van der Waals surface area contributed by atoms with Gasteiger partial charge in [-0.2, -0.15) is 0 Å². The first-order valence-electron chi connectivity index (χ1n) is 8.52. The van der Waals surface area contributed by atoms with Crippen molar-refractivity contribution in [3.8, 4) is 0 Å². The molecule has 0 bridgehead atoms. The molecule has 0 spiro atoms. The molecule has 1 rings (SSSR count). The molecule has 2 N–H and O–H groups in total. The molecular formula is C17H35NO2. The average molecular weight is 285 g/mol. The zero-order valence-electron chi connectivity index (χ0n) is 13.9. The minimum absolute atomic E-state index is 0.236. The molecule has 0 aromatic carbocycles. The van der Waals surface area contributed by atoms with Crippen LogP contribution >= 0.6 is 0 Å². The van der Waals surface area contributed by atoms with E-state index in [4.69, 9.17) is 4.74 Å². The Labute approximate surface area is 125 Å². The Morgan fingerprint density at radius 1 is 1.10 bits per heavy atom. The Morgan fingerprint density at radius 2 is 1.75 bits per heavy atom. The summed E-state index contributed by atoms with van der Waals surface area (Å²) in [7, 11) is 0. The Hall–Kier alpha value is -0.120. The number of hydrogen-bond donors (Lipinski definition) is 2. The lowest BCUT2D eigenvalue weighted by Crippen LogP contribution is -2.40. The van der Waals surface area contributed by atoms with Crippen LogP contribution in [-0.4, -0.2) is 36.5 Å². The third-order valence-electron chi connectivity index (χ3n) is 4.41. The molecule has 1 fully saturated rings. The number of rotatable bonds is 9. The van der Waals surface area contributed by atoms with E-state index in [1.807, 2.05) is 0 Å². The highest BCUT2D eigenvalue weighted by atomic mass is 16.5. The van der Waals surface area contributed by atoms with Crippen LogP contribution in [0, 0.1) is 11.8 Å². The Balaban J connectivity index is 2.10. The summed E-state index contributed by atoms with van der Waals surface area (Å²) in [5.74, 6) is 1.43. The maximum atomic E-state index is 9.99. The molecule has 2 unspecified atom stereocenters. The molecule has 0 amide bonds. The lowest BCUT2D eigenvalue weighted by Gasteiger charge is -2.29. The molecule has 0 radical (unpaired) electrons. The summed E-state index contributed by atoms with van der Waals surface area (Å²) < 4.78 is 5.70. The number of hydrogen-bond acceptors (Lipinski definition) is 3. The van der Waals surface area contributed by atoms with Gasteiger partial charge in [0.25, 0.3) is 0 Å². The van der Waals surface area contributed by atoms with Gasteiger partial charge in [-0.15, -0.1) is 0 Å². The second-order valence-corrected chi connectivity index (χ2v) is 7.02. The Morgan fingerprint density at radius 3 is 2.35 bits per heavy atom. The molecule has 3 heteroatoms. The van der Waals surface area contributed by atoms with Crippen molar-refractivity contribution < 1.29 is 9.84 Å². The molecule has 120 valence electrons. The molecule has 1 aliphatic carbocycles. The van der Waals surface area contributed by atoms with Crippen molar-refractivity contribution in [3.63, 3.8) is 0 Å². The maximum absolute atomic E-state index is 9.99. The molecule has 0 saturated heterocycles. The van der Waals surface area contributed by atoms with Crippen LogP contribution in [0.2, 0.25) is 0 Å². The summed E-state index contributed by atoms with van der Waals surface area (Å²) in [6.45, 7) is 9.83. The van der Waals surface area contributed by atoms with Gasteiger partial charge < -0.3 is 15.2 Å². The van der Waals surface area contributed by atoms with Crippen LogP contribution < -0.4 is 5.32 Å². The minimum atomic E-state index is -0.393. The van der Waals surface area contributed by atoms with Crippen molar-refractivity contribution in [1.29, 1.82) is 0 Å². The van der Waals surface area contributed by atoms with Gasteiger partial charge >= 0.3 is 0 Å². The van der Waals surface area contributed by atoms with E-state index in [0.717, 1.165) is 12.3 Å². The van der Waals surface area contributed by atoms with Gasteiger partial charge in [0.2, 0.25) is 0 Å². The summed E-state index contributed by atoms with van der Waals surface area (Å²) in [6.07, 6.45) is 7.71. The van der Waals surface area contributed by atoms with Gasteiger partial charge in [-0.05, 0) is 44.9 Å². The van der Waals surface area contributed by atoms with E-state index in [-0.39, 0.29) is 6.10 Å². The van der Waals surface area contributed by atoms with Crippen molar-refractivity contribution in [1.82, 2.24) is 5.32 Å². The molecule has 0 aliphatic heterocycles. The number of nitrogens with one attached hydrogen (secondary N) is 1. The van der Waals surface area contributed by atoms with Crippen molar-refractivity contribution >= 4 is 0 Å². The van der Waals surface area contributed by atoms with Gasteiger partial charge in [-0.1, -0.05) is 33.1 Å². The van der Waals surface area contributed by atoms with Crippen LogP contribution in [-0.2, 0) is 4.74 Å². The summed E-state index contributed by atoms with van der Waals surface area (Å²) >= 11 is 0. The maximum Gasteiger partial charge on any atom is 0.0897 e. The zero-order chi connectivity index (χ0) is 15.0. The van der Waals surface area contributed by atoms with E-state index in [9.17, 15) is 5.11 Å². The van der Waals surface area contributed by atoms with Gasteiger partial charge in [0.15, 0.2) is 0 Å². The zero-order valence-corrected chi connectivity index (χ0v) is 13.9. The van der Waals surface area contributed by atoms with E-state index in [2.05, 4.69) is 33.0 Å². The molecule has 3 atom stereocenters. The largest absolute Gasteiger partial charge is 0.389 e. The van der Waals surface area contributed by atoms with Gasteiger partial charge in [-0.25, -0.2) is 0 Å². The Bertz CT molecular complexity index is 239. The van der Waals surface area contributed by atoms with Crippen molar-refractivity contribution in [2.75, 3.05) is 13.2 Å². The molecular weight excluding hydrogens is 250 g/mol. The number of ether oxygens (including phenoxy) is 1. The van der Waals surface area contributed by atoms with Gasteiger partial charge in [0, 0.05) is 12.6 Å². The topological polar surface area (TPSA) is 41.5 Å². The quantitative estimate of drug-likeness (QED) is 0.682. The second-order valence-electron chi connectivity index (χ2n) is 7.02. The fourth-order valence-electron chi connectivity index (χ4n) is 3.19. The van der Waals surface area contributed by atoms with E-state index >= 15 is 0 Å². The highest BCUT2D eigenvalue weighted by molar-refractivity contribution is 4.77. The van der Waals surface area contributed by atoms with E-state index in [0.29, 0.717) is 25.1 Å². The first-order valence-corrected chi connectivity index (χ1v) is 8.52. The highest BCUT2D eigenvalue weighted by Crippen LogP contribution is 2.26. The second kappa shape index (κ2) is 9.75. The fourth-order valence-corrected chi connectivity index (χ4v) is 3.19. The normalized spacial score (nSPS) is 21.9. The molecule has 0 heterocycles. The van der Waals surface area contributed by atoms with E-state index in [1.54, 1.807) is 0 Å². The molecule has 0 aromatic rings. The van der Waals surface area contributed by atoms with Crippen LogP contribution in [0.4, 0.5) is 0 Å². The molecule has 20 heavy (non-hydrogen) atoms. The summed E-state index contributed by atoms with van der Waals surface area (Å²) in [5.41, 5.74) is 0. The first-order chi connectivity index (χ1) is 9.49. The lowest BCUT2D eigenvalue weighted by molar-refractivity contribution is -0.00981. The minimum Gasteiger partial charge on any atom is -0.389 e. The molecule has 3 nitrogen and oxygen atoms in total. The Kier molecular flexibility index (Phi) is 8.74. The van der Waals surface area contributed by atoms with Crippen LogP contribution in [0.15, 0.2) is 0 Å². The van der Waals surface area contributed by atoms with Crippen molar-refractivity contribution in [2.24, 2.45) is 11.8 Å². The van der Waals surface area contributed by atoms with Gasteiger partial charge in [-0.3, -0.25) is 0 Å². The molecule has 1 saturated carbocycles. The SMILES string of the molecule is CC(C)CC(C)OCC(O)CN[C@H](C)C1CCCCC1. The van der Waals surface area contributed by atoms with Crippen LogP contribution in [0.25, 0.3) is 0 Å². The monoisotopic (exact) mass is 285 g/mol. The van der Waals surface area contributed by atoms with Crippen LogP contribution in [0.1, 0.15) is 66.2 Å². The van der Waals surface area contributed by atoms with Crippen molar-refractivity contribution in [3.05, 3.63) is 0 Å². The highest BCUT2D eigenvalue weighted by Gasteiger charge is 2.20. The average Bonchev–Trinajstić information content (AvgIpc) is 2.42. The van der Waals surface area contributed by atoms with Gasteiger partial charge in [0.05, 0.1) is 18.8 Å². The fraction of sp³-hybridized carbons (Fsp3) is 1.00. The third kappa shape index (κ3) is 7.61. The molecule has 0 aromatic heterocycles. The predicted molar refractivity (Wildman–Crippen MR) is 84.9 cm³/mol. The first kappa shape index (κ1) is 17.9. The number of aliphatic hydroxyl groups excluding tert-OH is 1. The number of aliphatic hydroxyl groups is 1. The standard InChI is InChI=1S/C17H35NO2/c1-13(2)10-14(3)20-12-17(19)11-18-15(4)16-8-6-5-7-9-16/h13-19H,5-12H2,1-4H3/t14?,15-,17?/m1/s1. The summed E-state index contributed by atoms with van der Waals surface area (Å²) in [5, 5.41) is 13.5. The van der Waals surface area contributed by atoms with Crippen molar-refractivity contribution in [2.45, 2.75) is 84.5 Å². The predicted octanol–water partition coefficient (Wildman–Crippen LogP) is 3.36. The summed E-state index contributed by atoms with van der Waals surface area (Å²) in [4.78, 5) is 0. The summed E-state index contributed by atoms with van der Waals surface area (Å²) in [6, 6.07) is 0.512. The van der Waals surface area contributed by atoms with E-state index < -0.39 is 6.10 Å². The van der Waals surface area contributed by atoms with E-state index in [1.165, 1.54) is 32.1 Å². The third-order valence-corrected chi connectivity index (χ3v) is 4.41. The van der Waals surface area contributed by atoms with Gasteiger partial charge in [0.1, 0.15) is 0 Å². The van der Waals surface area contributed by atoms with Crippen LogP contribution in [0.3, 0.4) is 0 Å². The lowest BCUT2D eigenvalue weighted by atomic mass is 9.84.